The lowest BCUT2D eigenvalue weighted by Crippen LogP contribution is -2.13. The van der Waals surface area contributed by atoms with Gasteiger partial charge in [0.25, 0.3) is 0 Å². The maximum Gasteiger partial charge on any atom is 0.472 e. The van der Waals surface area contributed by atoms with Gasteiger partial charge in [0.15, 0.2) is 0 Å². The van der Waals surface area contributed by atoms with Crippen LogP contribution >= 0.6 is 15.6 Å². The highest BCUT2D eigenvalue weighted by molar-refractivity contribution is 7.47. The van der Waals surface area contributed by atoms with Crippen molar-refractivity contribution in [3.63, 3.8) is 0 Å². The molecular weight excluding hydrogens is 368 g/mol. The summed E-state index contributed by atoms with van der Waals surface area (Å²) in [4.78, 5) is 18.6. The average molecular weight is 394 g/mol. The van der Waals surface area contributed by atoms with Gasteiger partial charge in [-0.05, 0) is 18.2 Å². The zero-order valence-corrected chi connectivity index (χ0v) is 15.8. The summed E-state index contributed by atoms with van der Waals surface area (Å²) in [6.45, 7) is 1.55. The number of phosphoric acid groups is 2. The van der Waals surface area contributed by atoms with Gasteiger partial charge in [-0.1, -0.05) is 13.8 Å². The maximum absolute atomic E-state index is 13.4. The average Bonchev–Trinajstić information content (AvgIpc) is 2.47. The molecular formula is C11H26BFO9P2. The highest BCUT2D eigenvalue weighted by atomic mass is 31.2. The molecule has 0 saturated heterocycles. The number of alkyl halides is 1. The van der Waals surface area contributed by atoms with Crippen LogP contribution in [0.1, 0.15) is 20.3 Å². The van der Waals surface area contributed by atoms with Crippen molar-refractivity contribution in [3.8, 4) is 0 Å². The van der Waals surface area contributed by atoms with Crippen molar-refractivity contribution >= 4 is 23.5 Å². The fraction of sp³-hybridized carbons (Fsp3) is 1.00. The maximum atomic E-state index is 13.4. The van der Waals surface area contributed by atoms with E-state index in [2.05, 4.69) is 18.1 Å². The first-order valence-corrected chi connectivity index (χ1v) is 10.4. The van der Waals surface area contributed by atoms with Gasteiger partial charge in [-0.25, -0.2) is 13.5 Å². The van der Waals surface area contributed by atoms with Crippen LogP contribution in [0.4, 0.5) is 4.39 Å². The zero-order valence-electron chi connectivity index (χ0n) is 14.0. The zero-order chi connectivity index (χ0) is 18.8. The highest BCUT2D eigenvalue weighted by Gasteiger charge is 2.26. The van der Waals surface area contributed by atoms with Gasteiger partial charge in [-0.2, -0.15) is 0 Å². The number of hydrogen-bond donors (Lipinski definition) is 3. The van der Waals surface area contributed by atoms with E-state index >= 15 is 0 Å². The van der Waals surface area contributed by atoms with Crippen molar-refractivity contribution in [2.24, 2.45) is 5.92 Å². The number of aliphatic hydroxyl groups excluding tert-OH is 1. The first-order valence-electron chi connectivity index (χ1n) is 7.46. The number of aliphatic hydroxyl groups is 1. The van der Waals surface area contributed by atoms with Crippen LogP contribution in [0.15, 0.2) is 0 Å². The van der Waals surface area contributed by atoms with E-state index in [0.29, 0.717) is 0 Å². The molecule has 0 amide bonds. The summed E-state index contributed by atoms with van der Waals surface area (Å²) >= 11 is 0. The molecule has 0 aliphatic carbocycles. The standard InChI is InChI=1S/C11H26BFO9P2/c1-9(2)5-11(13)8-22-24(17,18)20-4-3-19-23(15,16)21-7-10(12)6-14/h9-11,14H,3-8,12H2,1-2H3,(H,15,16)(H,17,18). The van der Waals surface area contributed by atoms with Crippen LogP contribution < -0.4 is 0 Å². The minimum atomic E-state index is -4.47. The molecule has 0 aromatic heterocycles. The predicted octanol–water partition coefficient (Wildman–Crippen LogP) is 1.05. The van der Waals surface area contributed by atoms with Crippen LogP contribution in [0.25, 0.3) is 0 Å². The summed E-state index contributed by atoms with van der Waals surface area (Å²) in [5, 5.41) is 8.76. The minimum Gasteiger partial charge on any atom is -0.397 e. The molecule has 144 valence electrons. The van der Waals surface area contributed by atoms with Crippen LogP contribution in [-0.2, 0) is 27.2 Å². The molecule has 0 heterocycles. The van der Waals surface area contributed by atoms with E-state index in [1.165, 1.54) is 0 Å². The Kier molecular flexibility index (Phi) is 11.8. The molecule has 9 nitrogen and oxygen atoms in total. The van der Waals surface area contributed by atoms with Gasteiger partial charge in [0.05, 0.1) is 26.4 Å². The Balaban J connectivity index is 3.99. The molecule has 0 aliphatic rings. The van der Waals surface area contributed by atoms with Crippen molar-refractivity contribution in [2.45, 2.75) is 32.3 Å². The van der Waals surface area contributed by atoms with Crippen LogP contribution in [0.5, 0.6) is 0 Å². The molecule has 4 atom stereocenters. The van der Waals surface area contributed by atoms with Gasteiger partial charge >= 0.3 is 15.6 Å². The largest absolute Gasteiger partial charge is 0.472 e. The van der Waals surface area contributed by atoms with Gasteiger partial charge in [-0.15, -0.1) is 0 Å². The number of rotatable bonds is 14. The van der Waals surface area contributed by atoms with Crippen molar-refractivity contribution in [2.75, 3.05) is 33.0 Å². The second kappa shape index (κ2) is 11.7. The fourth-order valence-corrected chi connectivity index (χ4v) is 2.96. The SMILES string of the molecule is BC(CO)COP(=O)(O)OCCOP(=O)(O)OCC(F)CC(C)C. The van der Waals surface area contributed by atoms with E-state index in [9.17, 15) is 23.3 Å². The van der Waals surface area contributed by atoms with Crippen LogP contribution in [0, 0.1) is 5.92 Å². The molecule has 0 rings (SSSR count). The third-order valence-corrected chi connectivity index (χ3v) is 4.54. The second-order valence-electron chi connectivity index (χ2n) is 5.71. The van der Waals surface area contributed by atoms with Gasteiger partial charge in [0.2, 0.25) is 0 Å². The topological polar surface area (TPSA) is 132 Å². The van der Waals surface area contributed by atoms with Crippen molar-refractivity contribution in [3.05, 3.63) is 0 Å². The molecule has 0 aromatic carbocycles. The van der Waals surface area contributed by atoms with Gasteiger partial charge in [-0.3, -0.25) is 18.1 Å². The third-order valence-electron chi connectivity index (χ3n) is 2.57. The fourth-order valence-electron chi connectivity index (χ4n) is 1.41. The number of halogens is 1. The third kappa shape index (κ3) is 13.5. The normalized spacial score (nSPS) is 19.6. The molecule has 0 aliphatic heterocycles. The van der Waals surface area contributed by atoms with Crippen LogP contribution in [0.3, 0.4) is 0 Å². The smallest absolute Gasteiger partial charge is 0.397 e. The lowest BCUT2D eigenvalue weighted by molar-refractivity contribution is 0.0854. The van der Waals surface area contributed by atoms with E-state index in [1.807, 2.05) is 0 Å². The lowest BCUT2D eigenvalue weighted by atomic mass is 9.90. The molecule has 13 heteroatoms. The Hall–Kier alpha value is 0.175. The predicted molar refractivity (Wildman–Crippen MR) is 87.2 cm³/mol. The van der Waals surface area contributed by atoms with Gasteiger partial charge in [0.1, 0.15) is 14.0 Å². The Bertz CT molecular complexity index is 440. The summed E-state index contributed by atoms with van der Waals surface area (Å²) < 4.78 is 54.4. The molecule has 0 radical (unpaired) electrons. The quantitative estimate of drug-likeness (QED) is 0.225. The Morgan fingerprint density at radius 3 is 1.88 bits per heavy atom. The first kappa shape index (κ1) is 24.2. The molecule has 3 N–H and O–H groups in total. The molecule has 0 saturated carbocycles. The molecule has 0 fully saturated rings. The van der Waals surface area contributed by atoms with Gasteiger partial charge < -0.3 is 14.9 Å². The van der Waals surface area contributed by atoms with E-state index in [-0.39, 0.29) is 31.4 Å². The Labute approximate surface area is 142 Å². The van der Waals surface area contributed by atoms with Crippen molar-refractivity contribution < 1.29 is 46.5 Å². The lowest BCUT2D eigenvalue weighted by Gasteiger charge is -2.16. The summed E-state index contributed by atoms with van der Waals surface area (Å²) in [6.07, 6.45) is -1.22. The number of phosphoric ester groups is 2. The van der Waals surface area contributed by atoms with Crippen molar-refractivity contribution in [1.82, 2.24) is 0 Å². The summed E-state index contributed by atoms with van der Waals surface area (Å²) in [5.41, 5.74) is 0. The minimum absolute atomic E-state index is 0.0725. The second-order valence-corrected chi connectivity index (χ2v) is 8.62. The highest BCUT2D eigenvalue weighted by Crippen LogP contribution is 2.46. The van der Waals surface area contributed by atoms with E-state index in [0.717, 1.165) is 0 Å². The Morgan fingerprint density at radius 2 is 1.46 bits per heavy atom. The molecule has 4 unspecified atom stereocenters. The van der Waals surface area contributed by atoms with Crippen LogP contribution in [0.2, 0.25) is 5.82 Å². The summed E-state index contributed by atoms with van der Waals surface area (Å²) in [6, 6.07) is 0. The molecule has 0 aromatic rings. The van der Waals surface area contributed by atoms with E-state index in [1.54, 1.807) is 21.7 Å². The monoisotopic (exact) mass is 394 g/mol. The molecule has 24 heavy (non-hydrogen) atoms. The van der Waals surface area contributed by atoms with E-state index in [4.69, 9.17) is 5.11 Å². The first-order chi connectivity index (χ1) is 11.0. The summed E-state index contributed by atoms with van der Waals surface area (Å²) in [5.74, 6) is -0.279. The molecule has 0 spiro atoms. The molecule has 0 bridgehead atoms. The van der Waals surface area contributed by atoms with Gasteiger partial charge in [0, 0.05) is 6.61 Å². The van der Waals surface area contributed by atoms with E-state index < -0.39 is 41.6 Å². The Morgan fingerprint density at radius 1 is 1.00 bits per heavy atom. The summed E-state index contributed by atoms with van der Waals surface area (Å²) in [7, 11) is -7.23. The van der Waals surface area contributed by atoms with Crippen LogP contribution in [-0.4, -0.2) is 61.9 Å². The van der Waals surface area contributed by atoms with Crippen molar-refractivity contribution in [1.29, 1.82) is 0 Å². The number of hydrogen-bond acceptors (Lipinski definition) is 7.